The van der Waals surface area contributed by atoms with Crippen LogP contribution >= 0.6 is 23.2 Å². The Hall–Kier alpha value is -1.84. The van der Waals surface area contributed by atoms with E-state index in [0.717, 1.165) is 6.29 Å². The van der Waals surface area contributed by atoms with Crippen LogP contribution in [0.1, 0.15) is 10.4 Å². The number of aromatic nitrogens is 1. The molecule has 0 aliphatic heterocycles. The minimum atomic E-state index is 0.367. The van der Waals surface area contributed by atoms with Gasteiger partial charge in [0, 0.05) is 10.6 Å². The molecule has 3 nitrogen and oxygen atoms in total. The van der Waals surface area contributed by atoms with Crippen LogP contribution in [0.15, 0.2) is 40.8 Å². The zero-order valence-electron chi connectivity index (χ0n) is 9.56. The zero-order valence-corrected chi connectivity index (χ0v) is 11.1. The van der Waals surface area contributed by atoms with Crippen molar-refractivity contribution in [2.24, 2.45) is 0 Å². The monoisotopic (exact) mass is 291 g/mol. The second-order valence-electron chi connectivity index (χ2n) is 3.96. The largest absolute Gasteiger partial charge is 0.436 e. The number of para-hydroxylation sites is 1. The first-order valence-electron chi connectivity index (χ1n) is 5.49. The lowest BCUT2D eigenvalue weighted by molar-refractivity contribution is 0.112. The number of hydrogen-bond acceptors (Lipinski definition) is 3. The molecule has 5 heteroatoms. The van der Waals surface area contributed by atoms with Gasteiger partial charge in [-0.2, -0.15) is 0 Å². The summed E-state index contributed by atoms with van der Waals surface area (Å²) in [7, 11) is 0. The maximum absolute atomic E-state index is 11.0. The van der Waals surface area contributed by atoms with Gasteiger partial charge in [0.15, 0.2) is 11.9 Å². The highest BCUT2D eigenvalue weighted by Crippen LogP contribution is 2.32. The van der Waals surface area contributed by atoms with Crippen molar-refractivity contribution in [2.45, 2.75) is 0 Å². The molecule has 0 N–H and O–H groups in total. The third-order valence-electron chi connectivity index (χ3n) is 2.74. The minimum Gasteiger partial charge on any atom is -0.436 e. The van der Waals surface area contributed by atoms with Crippen molar-refractivity contribution in [3.8, 4) is 11.5 Å². The summed E-state index contributed by atoms with van der Waals surface area (Å²) in [6.07, 6.45) is 0.748. The molecular formula is C14H7Cl2NO2. The Balaban J connectivity index is 2.23. The molecule has 3 rings (SSSR count). The van der Waals surface area contributed by atoms with Gasteiger partial charge in [0.05, 0.1) is 10.6 Å². The fourth-order valence-electron chi connectivity index (χ4n) is 1.84. The van der Waals surface area contributed by atoms with Crippen LogP contribution in [0.2, 0.25) is 10.0 Å². The van der Waals surface area contributed by atoms with Crippen LogP contribution in [0.4, 0.5) is 0 Å². The molecule has 2 aromatic carbocycles. The molecule has 0 radical (unpaired) electrons. The van der Waals surface area contributed by atoms with Gasteiger partial charge in [0.1, 0.15) is 5.52 Å². The molecule has 0 fully saturated rings. The topological polar surface area (TPSA) is 43.1 Å². The van der Waals surface area contributed by atoms with Gasteiger partial charge in [-0.05, 0) is 30.3 Å². The lowest BCUT2D eigenvalue weighted by Gasteiger charge is -1.99. The van der Waals surface area contributed by atoms with Crippen molar-refractivity contribution >= 4 is 40.6 Å². The fraction of sp³-hybridized carbons (Fsp3) is 0. The normalized spacial score (nSPS) is 10.8. The van der Waals surface area contributed by atoms with Gasteiger partial charge in [0.25, 0.3) is 0 Å². The Morgan fingerprint density at radius 3 is 2.74 bits per heavy atom. The maximum Gasteiger partial charge on any atom is 0.228 e. The van der Waals surface area contributed by atoms with Gasteiger partial charge in [-0.15, -0.1) is 0 Å². The lowest BCUT2D eigenvalue weighted by atomic mass is 10.2. The molecule has 19 heavy (non-hydrogen) atoms. The summed E-state index contributed by atoms with van der Waals surface area (Å²) < 4.78 is 5.62. The SMILES string of the molecule is O=Cc1cccc2oc(-c3ccc(Cl)cc3Cl)nc12. The highest BCUT2D eigenvalue weighted by Gasteiger charge is 2.13. The van der Waals surface area contributed by atoms with E-state index in [1.54, 1.807) is 36.4 Å². The minimum absolute atomic E-state index is 0.367. The van der Waals surface area contributed by atoms with E-state index >= 15 is 0 Å². The number of fused-ring (bicyclic) bond motifs is 1. The van der Waals surface area contributed by atoms with Crippen LogP contribution in [-0.4, -0.2) is 11.3 Å². The van der Waals surface area contributed by atoms with Gasteiger partial charge in [-0.3, -0.25) is 4.79 Å². The van der Waals surface area contributed by atoms with E-state index in [-0.39, 0.29) is 0 Å². The summed E-state index contributed by atoms with van der Waals surface area (Å²) in [6, 6.07) is 10.2. The number of rotatable bonds is 2. The van der Waals surface area contributed by atoms with E-state index in [2.05, 4.69) is 4.98 Å². The Morgan fingerprint density at radius 2 is 2.00 bits per heavy atom. The summed E-state index contributed by atoms with van der Waals surface area (Å²) in [4.78, 5) is 15.3. The van der Waals surface area contributed by atoms with Crippen molar-refractivity contribution in [3.05, 3.63) is 52.0 Å². The highest BCUT2D eigenvalue weighted by atomic mass is 35.5. The number of carbonyl (C=O) groups excluding carboxylic acids is 1. The van der Waals surface area contributed by atoms with Crippen molar-refractivity contribution in [1.29, 1.82) is 0 Å². The molecule has 0 amide bonds. The van der Waals surface area contributed by atoms with E-state index in [4.69, 9.17) is 27.6 Å². The quantitative estimate of drug-likeness (QED) is 0.647. The first-order valence-corrected chi connectivity index (χ1v) is 6.25. The summed E-state index contributed by atoms with van der Waals surface area (Å²) in [5.74, 6) is 0.367. The van der Waals surface area contributed by atoms with Crippen LogP contribution < -0.4 is 0 Å². The second kappa shape index (κ2) is 4.68. The average Bonchev–Trinajstić information content (AvgIpc) is 2.81. The number of oxazole rings is 1. The average molecular weight is 292 g/mol. The molecule has 94 valence electrons. The van der Waals surface area contributed by atoms with Gasteiger partial charge in [-0.25, -0.2) is 4.98 Å². The van der Waals surface area contributed by atoms with E-state index in [0.29, 0.717) is 38.2 Å². The first kappa shape index (κ1) is 12.2. The molecule has 0 saturated heterocycles. The van der Waals surface area contributed by atoms with Crippen molar-refractivity contribution in [1.82, 2.24) is 4.98 Å². The standard InChI is InChI=1S/C14H7Cl2NO2/c15-9-4-5-10(11(16)6-9)14-17-13-8(7-18)2-1-3-12(13)19-14/h1-7H. The molecule has 0 unspecified atom stereocenters. The molecule has 0 bridgehead atoms. The van der Waals surface area contributed by atoms with Crippen molar-refractivity contribution in [3.63, 3.8) is 0 Å². The molecule has 0 aliphatic carbocycles. The molecule has 1 aromatic heterocycles. The number of benzene rings is 2. The van der Waals surface area contributed by atoms with E-state index in [9.17, 15) is 4.79 Å². The van der Waals surface area contributed by atoms with Crippen LogP contribution in [0, 0.1) is 0 Å². The third-order valence-corrected chi connectivity index (χ3v) is 3.29. The number of nitrogens with zero attached hydrogens (tertiary/aromatic N) is 1. The number of hydrogen-bond donors (Lipinski definition) is 0. The van der Waals surface area contributed by atoms with Crippen LogP contribution in [-0.2, 0) is 0 Å². The fourth-order valence-corrected chi connectivity index (χ4v) is 2.33. The Morgan fingerprint density at radius 1 is 1.16 bits per heavy atom. The second-order valence-corrected chi connectivity index (χ2v) is 4.80. The smallest absolute Gasteiger partial charge is 0.228 e. The number of carbonyl (C=O) groups is 1. The predicted molar refractivity (Wildman–Crippen MR) is 74.9 cm³/mol. The van der Waals surface area contributed by atoms with Gasteiger partial charge < -0.3 is 4.42 Å². The zero-order chi connectivity index (χ0) is 13.4. The molecule has 1 heterocycles. The Labute approximate surface area is 118 Å². The van der Waals surface area contributed by atoms with Gasteiger partial charge in [-0.1, -0.05) is 29.3 Å². The third kappa shape index (κ3) is 2.11. The van der Waals surface area contributed by atoms with Crippen molar-refractivity contribution < 1.29 is 9.21 Å². The molecule has 0 aliphatic rings. The molecule has 0 spiro atoms. The van der Waals surface area contributed by atoms with Crippen LogP contribution in [0.3, 0.4) is 0 Å². The maximum atomic E-state index is 11.0. The van der Waals surface area contributed by atoms with Crippen molar-refractivity contribution in [2.75, 3.05) is 0 Å². The molecular weight excluding hydrogens is 285 g/mol. The number of aldehydes is 1. The summed E-state index contributed by atoms with van der Waals surface area (Å²) >= 11 is 12.0. The molecule has 0 saturated carbocycles. The summed E-state index contributed by atoms with van der Waals surface area (Å²) in [6.45, 7) is 0. The Bertz CT molecular complexity index is 780. The highest BCUT2D eigenvalue weighted by molar-refractivity contribution is 6.36. The molecule has 3 aromatic rings. The predicted octanol–water partition coefficient (Wildman–Crippen LogP) is 4.61. The van der Waals surface area contributed by atoms with Gasteiger partial charge >= 0.3 is 0 Å². The van der Waals surface area contributed by atoms with Crippen LogP contribution in [0.5, 0.6) is 0 Å². The first-order chi connectivity index (χ1) is 9.19. The summed E-state index contributed by atoms with van der Waals surface area (Å²) in [5.41, 5.74) is 2.20. The summed E-state index contributed by atoms with van der Waals surface area (Å²) in [5, 5.41) is 0.991. The molecule has 0 atom stereocenters. The van der Waals surface area contributed by atoms with E-state index in [1.807, 2.05) is 0 Å². The lowest BCUT2D eigenvalue weighted by Crippen LogP contribution is -1.82. The number of halogens is 2. The van der Waals surface area contributed by atoms with Crippen LogP contribution in [0.25, 0.3) is 22.6 Å². The van der Waals surface area contributed by atoms with E-state index < -0.39 is 0 Å². The Kier molecular flexibility index (Phi) is 3.01. The van der Waals surface area contributed by atoms with E-state index in [1.165, 1.54) is 0 Å². The van der Waals surface area contributed by atoms with Gasteiger partial charge in [0.2, 0.25) is 5.89 Å².